The fourth-order valence-electron chi connectivity index (χ4n) is 4.61. The predicted molar refractivity (Wildman–Crippen MR) is 136 cm³/mol. The number of pyridine rings is 1. The van der Waals surface area contributed by atoms with Crippen LogP contribution in [0, 0.1) is 0 Å². The number of hydrogen-bond acceptors (Lipinski definition) is 4. The van der Waals surface area contributed by atoms with Crippen LogP contribution in [0.15, 0.2) is 59.4 Å². The molecule has 2 aromatic carbocycles. The summed E-state index contributed by atoms with van der Waals surface area (Å²) in [6, 6.07) is 17.8. The Bertz CT molecular complexity index is 1130. The van der Waals surface area contributed by atoms with Crippen molar-refractivity contribution in [3.05, 3.63) is 76.1 Å². The molecule has 0 saturated carbocycles. The van der Waals surface area contributed by atoms with Gasteiger partial charge in [0.15, 0.2) is 0 Å². The number of carbonyl (C=O) groups is 1. The third kappa shape index (κ3) is 7.19. The van der Waals surface area contributed by atoms with Crippen molar-refractivity contribution in [1.82, 2.24) is 15.2 Å². The van der Waals surface area contributed by atoms with Crippen LogP contribution in [0.5, 0.6) is 5.75 Å². The van der Waals surface area contributed by atoms with E-state index in [1.54, 1.807) is 6.07 Å². The van der Waals surface area contributed by atoms with Gasteiger partial charge in [0.1, 0.15) is 5.75 Å². The monoisotopic (exact) mass is 461 g/mol. The third-order valence-electron chi connectivity index (χ3n) is 6.35. The van der Waals surface area contributed by atoms with E-state index in [2.05, 4.69) is 33.4 Å². The van der Waals surface area contributed by atoms with Crippen LogP contribution in [0.25, 0.3) is 10.9 Å². The number of ether oxygens (including phenoxy) is 1. The number of nitrogens with zero attached hydrogens (tertiary/aromatic N) is 1. The van der Waals surface area contributed by atoms with Crippen molar-refractivity contribution in [1.29, 1.82) is 0 Å². The highest BCUT2D eigenvalue weighted by atomic mass is 16.5. The summed E-state index contributed by atoms with van der Waals surface area (Å²) in [4.78, 5) is 29.4. The van der Waals surface area contributed by atoms with Crippen LogP contribution in [0.1, 0.15) is 49.7 Å². The van der Waals surface area contributed by atoms with Gasteiger partial charge in [0, 0.05) is 36.5 Å². The van der Waals surface area contributed by atoms with Gasteiger partial charge in [-0.1, -0.05) is 36.8 Å². The molecule has 2 heterocycles. The van der Waals surface area contributed by atoms with E-state index in [-0.39, 0.29) is 11.5 Å². The van der Waals surface area contributed by atoms with Crippen LogP contribution in [-0.2, 0) is 17.8 Å². The lowest BCUT2D eigenvalue weighted by atomic mass is 10.0. The minimum absolute atomic E-state index is 0.0395. The molecule has 6 heteroatoms. The van der Waals surface area contributed by atoms with Crippen molar-refractivity contribution in [2.45, 2.75) is 51.5 Å². The van der Waals surface area contributed by atoms with Gasteiger partial charge >= 0.3 is 0 Å². The summed E-state index contributed by atoms with van der Waals surface area (Å²) < 4.78 is 5.91. The largest absolute Gasteiger partial charge is 0.494 e. The summed E-state index contributed by atoms with van der Waals surface area (Å²) >= 11 is 0. The molecule has 1 fully saturated rings. The van der Waals surface area contributed by atoms with Gasteiger partial charge in [0.05, 0.1) is 6.61 Å². The molecule has 34 heavy (non-hydrogen) atoms. The summed E-state index contributed by atoms with van der Waals surface area (Å²) in [6.07, 6.45) is 6.56. The highest BCUT2D eigenvalue weighted by Gasteiger charge is 2.11. The van der Waals surface area contributed by atoms with Crippen LogP contribution >= 0.6 is 0 Å². The highest BCUT2D eigenvalue weighted by Crippen LogP contribution is 2.18. The first-order valence-electron chi connectivity index (χ1n) is 12.5. The summed E-state index contributed by atoms with van der Waals surface area (Å²) in [6.45, 7) is 4.53. The average molecular weight is 462 g/mol. The van der Waals surface area contributed by atoms with Crippen molar-refractivity contribution in [3.63, 3.8) is 0 Å². The van der Waals surface area contributed by atoms with E-state index >= 15 is 0 Å². The number of amides is 1. The summed E-state index contributed by atoms with van der Waals surface area (Å²) in [7, 11) is 0. The number of hydrogen-bond donors (Lipinski definition) is 2. The number of H-pyrrole nitrogens is 1. The molecular formula is C28H35N3O3. The number of para-hydroxylation sites is 1. The Labute approximate surface area is 201 Å². The number of aromatic amines is 1. The Kier molecular flexibility index (Phi) is 8.74. The predicted octanol–water partition coefficient (Wildman–Crippen LogP) is 4.42. The lowest BCUT2D eigenvalue weighted by Crippen LogP contribution is -2.29. The zero-order chi connectivity index (χ0) is 23.6. The first-order chi connectivity index (χ1) is 16.7. The van der Waals surface area contributed by atoms with Crippen LogP contribution in [-0.4, -0.2) is 42.0 Å². The number of carbonyl (C=O) groups excluding carboxylic acids is 1. The number of aryl methyl sites for hydroxylation is 1. The minimum atomic E-state index is -0.102. The van der Waals surface area contributed by atoms with Crippen molar-refractivity contribution in [2.75, 3.05) is 26.2 Å². The van der Waals surface area contributed by atoms with Crippen LogP contribution < -0.4 is 15.6 Å². The van der Waals surface area contributed by atoms with E-state index in [1.807, 2.05) is 30.3 Å². The number of benzene rings is 2. The SMILES string of the molecule is O=C(CCCc1cc(=O)[nH]c2ccccc12)NCCCOc1cccc(CN2CCCCC2)c1. The lowest BCUT2D eigenvalue weighted by molar-refractivity contribution is -0.121. The van der Waals surface area contributed by atoms with Gasteiger partial charge < -0.3 is 15.0 Å². The number of nitrogens with one attached hydrogen (secondary N) is 2. The first-order valence-corrected chi connectivity index (χ1v) is 12.5. The standard InChI is InChI=1S/C28H35N3O3/c32-27(14-7-10-23-20-28(33)30-26-13-3-2-12-25(23)26)29-15-8-18-34-24-11-6-9-22(19-24)21-31-16-4-1-5-17-31/h2-3,6,9,11-13,19-20H,1,4-5,7-8,10,14-18,21H2,(H,29,32)(H,30,33). The van der Waals surface area contributed by atoms with E-state index in [0.717, 1.165) is 35.2 Å². The Morgan fingerprint density at radius 2 is 1.85 bits per heavy atom. The molecule has 1 aliphatic rings. The van der Waals surface area contributed by atoms with Crippen LogP contribution in [0.4, 0.5) is 0 Å². The molecule has 1 aromatic heterocycles. The molecule has 0 spiro atoms. The molecule has 1 aliphatic heterocycles. The molecule has 3 aromatic rings. The molecule has 0 bridgehead atoms. The Morgan fingerprint density at radius 1 is 1.00 bits per heavy atom. The second-order valence-corrected chi connectivity index (χ2v) is 9.09. The average Bonchev–Trinajstić information content (AvgIpc) is 2.84. The molecular weight excluding hydrogens is 426 g/mol. The summed E-state index contributed by atoms with van der Waals surface area (Å²) in [5, 5.41) is 4.02. The van der Waals surface area contributed by atoms with Crippen molar-refractivity contribution < 1.29 is 9.53 Å². The molecule has 1 saturated heterocycles. The number of rotatable bonds is 11. The maximum Gasteiger partial charge on any atom is 0.248 e. The van der Waals surface area contributed by atoms with E-state index < -0.39 is 0 Å². The second kappa shape index (κ2) is 12.4. The molecule has 1 amide bonds. The van der Waals surface area contributed by atoms with Gasteiger partial charge in [-0.2, -0.15) is 0 Å². The van der Waals surface area contributed by atoms with Gasteiger partial charge in [-0.05, 0) is 74.5 Å². The fourth-order valence-corrected chi connectivity index (χ4v) is 4.61. The molecule has 0 atom stereocenters. The third-order valence-corrected chi connectivity index (χ3v) is 6.35. The molecule has 6 nitrogen and oxygen atoms in total. The molecule has 0 unspecified atom stereocenters. The number of aromatic nitrogens is 1. The van der Waals surface area contributed by atoms with Gasteiger partial charge in [-0.25, -0.2) is 0 Å². The van der Waals surface area contributed by atoms with Crippen LogP contribution in [0.2, 0.25) is 0 Å². The van der Waals surface area contributed by atoms with Crippen molar-refractivity contribution in [2.24, 2.45) is 0 Å². The van der Waals surface area contributed by atoms with Crippen LogP contribution in [0.3, 0.4) is 0 Å². The van der Waals surface area contributed by atoms with Gasteiger partial charge in [0.25, 0.3) is 0 Å². The Morgan fingerprint density at radius 3 is 2.74 bits per heavy atom. The van der Waals surface area contributed by atoms with E-state index in [0.29, 0.717) is 32.4 Å². The zero-order valence-electron chi connectivity index (χ0n) is 19.9. The van der Waals surface area contributed by atoms with E-state index in [4.69, 9.17) is 4.74 Å². The van der Waals surface area contributed by atoms with Crippen molar-refractivity contribution in [3.8, 4) is 5.75 Å². The summed E-state index contributed by atoms with van der Waals surface area (Å²) in [5.41, 5.74) is 3.02. The Balaban J connectivity index is 1.12. The Hall–Kier alpha value is -3.12. The topological polar surface area (TPSA) is 74.4 Å². The van der Waals surface area contributed by atoms with Gasteiger partial charge in [-0.3, -0.25) is 14.5 Å². The molecule has 0 radical (unpaired) electrons. The van der Waals surface area contributed by atoms with Gasteiger partial charge in [-0.15, -0.1) is 0 Å². The van der Waals surface area contributed by atoms with E-state index in [9.17, 15) is 9.59 Å². The lowest BCUT2D eigenvalue weighted by Gasteiger charge is -2.26. The number of fused-ring (bicyclic) bond motifs is 1. The second-order valence-electron chi connectivity index (χ2n) is 9.09. The fraction of sp³-hybridized carbons (Fsp3) is 0.429. The number of piperidine rings is 1. The molecule has 180 valence electrons. The first kappa shape index (κ1) is 24.0. The van der Waals surface area contributed by atoms with E-state index in [1.165, 1.54) is 37.9 Å². The normalized spacial score (nSPS) is 14.2. The minimum Gasteiger partial charge on any atom is -0.494 e. The zero-order valence-corrected chi connectivity index (χ0v) is 19.9. The smallest absolute Gasteiger partial charge is 0.248 e. The molecule has 4 rings (SSSR count). The maximum atomic E-state index is 12.2. The summed E-state index contributed by atoms with van der Waals surface area (Å²) in [5.74, 6) is 0.934. The number of likely N-dealkylation sites (tertiary alicyclic amines) is 1. The van der Waals surface area contributed by atoms with Crippen molar-refractivity contribution >= 4 is 16.8 Å². The van der Waals surface area contributed by atoms with Gasteiger partial charge in [0.2, 0.25) is 11.5 Å². The molecule has 2 N–H and O–H groups in total. The highest BCUT2D eigenvalue weighted by molar-refractivity contribution is 5.82. The maximum absolute atomic E-state index is 12.2. The quantitative estimate of drug-likeness (QED) is 0.415. The molecule has 0 aliphatic carbocycles.